The monoisotopic (exact) mass is 449 g/mol. The lowest BCUT2D eigenvalue weighted by atomic mass is 9.96. The SMILES string of the molecule is O=C(Nc1ccc(NC(=O)C2CCCN(C(=O)Cc3ccc(F)cc3)C2)cc1)c1ccco1. The average molecular weight is 449 g/mol. The van der Waals surface area contributed by atoms with E-state index in [2.05, 4.69) is 10.6 Å². The standard InChI is InChI=1S/C25H24FN3O4/c26-19-7-5-17(6-8-19)15-23(30)29-13-1-3-18(16-29)24(31)27-20-9-11-21(12-10-20)28-25(32)22-4-2-14-33-22/h2,4-12,14,18H,1,3,13,15-16H2,(H,27,31)(H,28,32). The van der Waals surface area contributed by atoms with E-state index in [4.69, 9.17) is 4.42 Å². The first-order chi connectivity index (χ1) is 16.0. The molecule has 1 saturated heterocycles. The molecule has 0 saturated carbocycles. The minimum Gasteiger partial charge on any atom is -0.459 e. The molecule has 3 aromatic rings. The molecule has 0 bridgehead atoms. The molecule has 1 atom stereocenters. The summed E-state index contributed by atoms with van der Waals surface area (Å²) in [5.41, 5.74) is 1.92. The fraction of sp³-hybridized carbons (Fsp3) is 0.240. The molecule has 2 heterocycles. The largest absolute Gasteiger partial charge is 0.459 e. The molecular weight excluding hydrogens is 425 g/mol. The van der Waals surface area contributed by atoms with Crippen LogP contribution in [0.15, 0.2) is 71.3 Å². The lowest BCUT2D eigenvalue weighted by molar-refractivity contribution is -0.133. The third kappa shape index (κ3) is 5.85. The quantitative estimate of drug-likeness (QED) is 0.593. The van der Waals surface area contributed by atoms with Gasteiger partial charge in [0.15, 0.2) is 5.76 Å². The summed E-state index contributed by atoms with van der Waals surface area (Å²) in [6.45, 7) is 0.955. The number of furan rings is 1. The first-order valence-electron chi connectivity index (χ1n) is 10.8. The normalized spacial score (nSPS) is 15.7. The number of benzene rings is 2. The number of likely N-dealkylation sites (tertiary alicyclic amines) is 1. The van der Waals surface area contributed by atoms with Crippen LogP contribution in [0, 0.1) is 11.7 Å². The summed E-state index contributed by atoms with van der Waals surface area (Å²) in [6.07, 6.45) is 3.05. The topological polar surface area (TPSA) is 91.7 Å². The number of hydrogen-bond donors (Lipinski definition) is 2. The number of piperidine rings is 1. The zero-order chi connectivity index (χ0) is 23.2. The Morgan fingerprint density at radius 2 is 1.67 bits per heavy atom. The summed E-state index contributed by atoms with van der Waals surface area (Å²) in [5, 5.41) is 5.60. The van der Waals surface area contributed by atoms with Crippen LogP contribution in [0.3, 0.4) is 0 Å². The fourth-order valence-corrected chi connectivity index (χ4v) is 3.79. The Balaban J connectivity index is 1.30. The van der Waals surface area contributed by atoms with E-state index < -0.39 is 0 Å². The van der Waals surface area contributed by atoms with Crippen LogP contribution in [0.4, 0.5) is 15.8 Å². The summed E-state index contributed by atoms with van der Waals surface area (Å²) in [7, 11) is 0. The first kappa shape index (κ1) is 22.3. The van der Waals surface area contributed by atoms with Crippen molar-refractivity contribution >= 4 is 29.1 Å². The number of anilines is 2. The molecule has 8 heteroatoms. The maximum atomic E-state index is 13.1. The number of nitrogens with one attached hydrogen (secondary N) is 2. The second kappa shape index (κ2) is 10.1. The number of carbonyl (C=O) groups excluding carboxylic acids is 3. The van der Waals surface area contributed by atoms with Gasteiger partial charge in [-0.15, -0.1) is 0 Å². The molecule has 1 aliphatic heterocycles. The van der Waals surface area contributed by atoms with Crippen LogP contribution in [0.1, 0.15) is 29.0 Å². The molecule has 2 N–H and O–H groups in total. The Labute approximate surface area is 190 Å². The van der Waals surface area contributed by atoms with Crippen LogP contribution in [0.5, 0.6) is 0 Å². The number of rotatable bonds is 6. The zero-order valence-electron chi connectivity index (χ0n) is 17.9. The fourth-order valence-electron chi connectivity index (χ4n) is 3.79. The van der Waals surface area contributed by atoms with Crippen LogP contribution in [0.2, 0.25) is 0 Å². The zero-order valence-corrected chi connectivity index (χ0v) is 17.9. The molecule has 4 rings (SSSR count). The van der Waals surface area contributed by atoms with Gasteiger partial charge in [0.05, 0.1) is 18.6 Å². The van der Waals surface area contributed by atoms with E-state index in [-0.39, 0.29) is 41.6 Å². The highest BCUT2D eigenvalue weighted by Crippen LogP contribution is 2.21. The minimum atomic E-state index is -0.357. The van der Waals surface area contributed by atoms with Crippen LogP contribution < -0.4 is 10.6 Å². The second-order valence-electron chi connectivity index (χ2n) is 7.98. The van der Waals surface area contributed by atoms with E-state index >= 15 is 0 Å². The van der Waals surface area contributed by atoms with Gasteiger partial charge in [-0.1, -0.05) is 12.1 Å². The average Bonchev–Trinajstić information content (AvgIpc) is 3.37. The van der Waals surface area contributed by atoms with Crippen molar-refractivity contribution in [3.8, 4) is 0 Å². The van der Waals surface area contributed by atoms with Gasteiger partial charge in [-0.05, 0) is 66.9 Å². The van der Waals surface area contributed by atoms with Crippen molar-refractivity contribution in [2.45, 2.75) is 19.3 Å². The smallest absolute Gasteiger partial charge is 0.291 e. The van der Waals surface area contributed by atoms with Crippen molar-refractivity contribution in [3.63, 3.8) is 0 Å². The molecule has 1 aromatic heterocycles. The predicted molar refractivity (Wildman–Crippen MR) is 121 cm³/mol. The highest BCUT2D eigenvalue weighted by Gasteiger charge is 2.28. The van der Waals surface area contributed by atoms with Crippen LogP contribution >= 0.6 is 0 Å². The Kier molecular flexibility index (Phi) is 6.83. The third-order valence-electron chi connectivity index (χ3n) is 5.57. The van der Waals surface area contributed by atoms with Gasteiger partial charge in [-0.2, -0.15) is 0 Å². The lowest BCUT2D eigenvalue weighted by Crippen LogP contribution is -2.44. The van der Waals surface area contributed by atoms with Crippen LogP contribution in [-0.2, 0) is 16.0 Å². The first-order valence-corrected chi connectivity index (χ1v) is 10.8. The van der Waals surface area contributed by atoms with Gasteiger partial charge in [-0.3, -0.25) is 14.4 Å². The molecule has 1 fully saturated rings. The van der Waals surface area contributed by atoms with Gasteiger partial charge < -0.3 is 20.0 Å². The maximum absolute atomic E-state index is 13.1. The third-order valence-corrected chi connectivity index (χ3v) is 5.57. The van der Waals surface area contributed by atoms with Crippen LogP contribution in [0.25, 0.3) is 0 Å². The summed E-state index contributed by atoms with van der Waals surface area (Å²) in [5.74, 6) is -1.02. The number of hydrogen-bond acceptors (Lipinski definition) is 4. The molecule has 3 amide bonds. The highest BCUT2D eigenvalue weighted by molar-refractivity contribution is 6.02. The molecule has 1 unspecified atom stereocenters. The Morgan fingerprint density at radius 1 is 0.970 bits per heavy atom. The summed E-state index contributed by atoms with van der Waals surface area (Å²) in [4.78, 5) is 39.2. The molecule has 170 valence electrons. The van der Waals surface area contributed by atoms with E-state index in [0.29, 0.717) is 30.9 Å². The Morgan fingerprint density at radius 3 is 2.33 bits per heavy atom. The molecule has 0 aliphatic carbocycles. The molecule has 1 aliphatic rings. The summed E-state index contributed by atoms with van der Waals surface area (Å²) < 4.78 is 18.1. The summed E-state index contributed by atoms with van der Waals surface area (Å²) >= 11 is 0. The minimum absolute atomic E-state index is 0.0734. The van der Waals surface area contributed by atoms with Gasteiger partial charge in [0.1, 0.15) is 5.82 Å². The van der Waals surface area contributed by atoms with Gasteiger partial charge in [0.25, 0.3) is 5.91 Å². The Bertz CT molecular complexity index is 1110. The van der Waals surface area contributed by atoms with Gasteiger partial charge in [-0.25, -0.2) is 4.39 Å². The van der Waals surface area contributed by atoms with Gasteiger partial charge in [0, 0.05) is 24.5 Å². The predicted octanol–water partition coefficient (Wildman–Crippen LogP) is 4.09. The maximum Gasteiger partial charge on any atom is 0.291 e. The van der Waals surface area contributed by atoms with Crippen molar-refractivity contribution in [1.82, 2.24) is 4.90 Å². The number of nitrogens with zero attached hydrogens (tertiary/aromatic N) is 1. The van der Waals surface area contributed by atoms with Crippen molar-refractivity contribution in [3.05, 3.63) is 84.1 Å². The molecule has 7 nitrogen and oxygen atoms in total. The highest BCUT2D eigenvalue weighted by atomic mass is 19.1. The molecule has 2 aromatic carbocycles. The van der Waals surface area contributed by atoms with E-state index in [1.54, 1.807) is 53.4 Å². The Hall–Kier alpha value is -3.94. The van der Waals surface area contributed by atoms with E-state index in [1.807, 2.05) is 0 Å². The van der Waals surface area contributed by atoms with E-state index in [9.17, 15) is 18.8 Å². The molecule has 0 spiro atoms. The van der Waals surface area contributed by atoms with Crippen molar-refractivity contribution < 1.29 is 23.2 Å². The molecule has 33 heavy (non-hydrogen) atoms. The van der Waals surface area contributed by atoms with E-state index in [1.165, 1.54) is 18.4 Å². The second-order valence-corrected chi connectivity index (χ2v) is 7.98. The van der Waals surface area contributed by atoms with Gasteiger partial charge >= 0.3 is 0 Å². The van der Waals surface area contributed by atoms with Crippen molar-refractivity contribution in [2.24, 2.45) is 5.92 Å². The summed E-state index contributed by atoms with van der Waals surface area (Å²) in [6, 6.07) is 15.9. The van der Waals surface area contributed by atoms with E-state index in [0.717, 1.165) is 12.0 Å². The van der Waals surface area contributed by atoms with Gasteiger partial charge in [0.2, 0.25) is 11.8 Å². The molecule has 0 radical (unpaired) electrons. The van der Waals surface area contributed by atoms with Crippen molar-refractivity contribution in [2.75, 3.05) is 23.7 Å². The molecular formula is C25H24FN3O4. The number of halogens is 1. The van der Waals surface area contributed by atoms with Crippen LogP contribution in [-0.4, -0.2) is 35.7 Å². The lowest BCUT2D eigenvalue weighted by Gasteiger charge is -2.32. The number of amides is 3. The number of carbonyl (C=O) groups is 3. The van der Waals surface area contributed by atoms with Crippen molar-refractivity contribution in [1.29, 1.82) is 0 Å².